The van der Waals surface area contributed by atoms with Crippen LogP contribution in [0.4, 0.5) is 5.69 Å². The van der Waals surface area contributed by atoms with Crippen molar-refractivity contribution in [2.75, 3.05) is 11.1 Å². The first-order valence-electron chi connectivity index (χ1n) is 5.58. The lowest BCUT2D eigenvalue weighted by Crippen LogP contribution is -2.01. The molecule has 0 amide bonds. The lowest BCUT2D eigenvalue weighted by Gasteiger charge is -2.06. The van der Waals surface area contributed by atoms with Crippen LogP contribution in [0.5, 0.6) is 0 Å². The van der Waals surface area contributed by atoms with Crippen molar-refractivity contribution in [3.8, 4) is 12.3 Å². The fraction of sp³-hybridized carbons (Fsp3) is 0.133. The molecule has 0 aromatic heterocycles. The van der Waals surface area contributed by atoms with Crippen LogP contribution in [0.25, 0.3) is 10.8 Å². The number of benzene rings is 2. The molecule has 84 valence electrons. The highest BCUT2D eigenvalue weighted by atomic mass is 32.2. The van der Waals surface area contributed by atoms with Crippen LogP contribution in [0.15, 0.2) is 41.3 Å². The number of fused-ring (bicyclic) bond motifs is 3. The van der Waals surface area contributed by atoms with Crippen molar-refractivity contribution >= 4 is 31.9 Å². The van der Waals surface area contributed by atoms with Gasteiger partial charge in [0.1, 0.15) is 0 Å². The Labute approximate surface area is 104 Å². The molecule has 0 saturated carbocycles. The molecule has 0 saturated heterocycles. The highest BCUT2D eigenvalue weighted by molar-refractivity contribution is 8.16. The molecule has 1 N–H and O–H groups in total. The first kappa shape index (κ1) is 10.4. The van der Waals surface area contributed by atoms with Crippen molar-refractivity contribution < 1.29 is 0 Å². The zero-order chi connectivity index (χ0) is 11.8. The molecule has 0 aliphatic carbocycles. The predicted octanol–water partition coefficient (Wildman–Crippen LogP) is 3.68. The number of nitrogens with one attached hydrogen (secondary N) is 1. The summed E-state index contributed by atoms with van der Waals surface area (Å²) in [6.45, 7) is 2.13. The second-order valence-corrected chi connectivity index (χ2v) is 6.20. The quantitative estimate of drug-likeness (QED) is 0.591. The lowest BCUT2D eigenvalue weighted by atomic mass is 10.1. The number of rotatable bonds is 1. The molecule has 1 aliphatic rings. The van der Waals surface area contributed by atoms with Gasteiger partial charge in [-0.3, -0.25) is 0 Å². The normalized spacial score (nSPS) is 17.6. The maximum Gasteiger partial charge on any atom is 0.0599 e. The van der Waals surface area contributed by atoms with Crippen molar-refractivity contribution in [3.63, 3.8) is 0 Å². The van der Waals surface area contributed by atoms with E-state index in [1.165, 1.54) is 26.3 Å². The third-order valence-electron chi connectivity index (χ3n) is 3.05. The molecule has 1 aliphatic heterocycles. The lowest BCUT2D eigenvalue weighted by molar-refractivity contribution is 1.50. The van der Waals surface area contributed by atoms with Gasteiger partial charge in [0.05, 0.1) is 11.4 Å². The van der Waals surface area contributed by atoms with Crippen LogP contribution in [0.2, 0.25) is 0 Å². The summed E-state index contributed by atoms with van der Waals surface area (Å²) < 4.78 is 0. The van der Waals surface area contributed by atoms with Crippen LogP contribution in [-0.2, 0) is 0 Å². The summed E-state index contributed by atoms with van der Waals surface area (Å²) in [6, 6.07) is 12.9. The summed E-state index contributed by atoms with van der Waals surface area (Å²) >= 11 is 0. The summed E-state index contributed by atoms with van der Waals surface area (Å²) in [6.07, 6.45) is 5.46. The Morgan fingerprint density at radius 3 is 2.88 bits per heavy atom. The van der Waals surface area contributed by atoms with Crippen LogP contribution in [0, 0.1) is 12.3 Å². The van der Waals surface area contributed by atoms with Crippen LogP contribution < -0.4 is 5.32 Å². The zero-order valence-electron chi connectivity index (χ0n) is 9.66. The summed E-state index contributed by atoms with van der Waals surface area (Å²) in [4.78, 5) is 2.65. The van der Waals surface area contributed by atoms with Crippen molar-refractivity contribution in [2.45, 2.75) is 11.8 Å². The Bertz CT molecular complexity index is 677. The van der Waals surface area contributed by atoms with Crippen molar-refractivity contribution in [3.05, 3.63) is 36.4 Å². The fourth-order valence-electron chi connectivity index (χ4n) is 2.26. The summed E-state index contributed by atoms with van der Waals surface area (Å²) in [5, 5.41) is 6.07. The minimum atomic E-state index is 0.0664. The van der Waals surface area contributed by atoms with Crippen molar-refractivity contribution in [1.29, 1.82) is 0 Å². The Morgan fingerprint density at radius 2 is 2.06 bits per heavy atom. The van der Waals surface area contributed by atoms with E-state index in [4.69, 9.17) is 6.42 Å². The second-order valence-electron chi connectivity index (χ2n) is 4.08. The molecule has 0 fully saturated rings. The SMILES string of the molecule is C#CCS1=C(C)Nc2c1ccc1ccccc21. The van der Waals surface area contributed by atoms with E-state index >= 15 is 0 Å². The van der Waals surface area contributed by atoms with Gasteiger partial charge >= 0.3 is 0 Å². The Kier molecular flexibility index (Phi) is 2.42. The number of hydrogen-bond donors (Lipinski definition) is 1. The van der Waals surface area contributed by atoms with Gasteiger partial charge in [-0.15, -0.1) is 16.9 Å². The van der Waals surface area contributed by atoms with Crippen LogP contribution in [0.3, 0.4) is 0 Å². The molecule has 1 nitrogen and oxygen atoms in total. The van der Waals surface area contributed by atoms with Crippen LogP contribution in [-0.4, -0.2) is 10.7 Å². The second kappa shape index (κ2) is 3.94. The summed E-state index contributed by atoms with van der Waals surface area (Å²) in [7, 11) is 0.0664. The highest BCUT2D eigenvalue weighted by Gasteiger charge is 2.18. The largest absolute Gasteiger partial charge is 0.353 e. The predicted molar refractivity (Wildman–Crippen MR) is 77.8 cm³/mol. The Balaban J connectivity index is 2.26. The van der Waals surface area contributed by atoms with Gasteiger partial charge in [0.2, 0.25) is 0 Å². The van der Waals surface area contributed by atoms with E-state index in [0.717, 1.165) is 5.75 Å². The van der Waals surface area contributed by atoms with Gasteiger partial charge in [0, 0.05) is 15.3 Å². The van der Waals surface area contributed by atoms with Crippen molar-refractivity contribution in [2.24, 2.45) is 0 Å². The molecule has 0 bridgehead atoms. The van der Waals surface area contributed by atoms with E-state index in [-0.39, 0.29) is 10.5 Å². The minimum absolute atomic E-state index is 0.0664. The summed E-state index contributed by atoms with van der Waals surface area (Å²) in [5.74, 6) is 3.58. The van der Waals surface area contributed by atoms with Crippen molar-refractivity contribution in [1.82, 2.24) is 0 Å². The van der Waals surface area contributed by atoms with E-state index in [1.54, 1.807) is 0 Å². The molecule has 2 aromatic rings. The van der Waals surface area contributed by atoms with Gasteiger partial charge in [-0.1, -0.05) is 36.3 Å². The van der Waals surface area contributed by atoms with Crippen LogP contribution in [0.1, 0.15) is 6.92 Å². The van der Waals surface area contributed by atoms with E-state index in [9.17, 15) is 0 Å². The van der Waals surface area contributed by atoms with Gasteiger partial charge in [-0.05, 0) is 18.4 Å². The maximum absolute atomic E-state index is 5.46. The molecule has 2 heteroatoms. The van der Waals surface area contributed by atoms with E-state index in [1.807, 2.05) is 0 Å². The van der Waals surface area contributed by atoms with Gasteiger partial charge in [-0.25, -0.2) is 0 Å². The molecular weight excluding hydrogens is 226 g/mol. The third kappa shape index (κ3) is 1.55. The molecule has 2 aromatic carbocycles. The monoisotopic (exact) mass is 239 g/mol. The highest BCUT2D eigenvalue weighted by Crippen LogP contribution is 2.43. The summed E-state index contributed by atoms with van der Waals surface area (Å²) in [5.41, 5.74) is 1.25. The molecule has 0 spiro atoms. The molecule has 1 unspecified atom stereocenters. The standard InChI is InChI=1S/C15H13NS/c1-3-10-17-11(2)16-15-13-7-5-4-6-12(13)8-9-14(15)17/h1,4-9,16H,10H2,2H3. The van der Waals surface area contributed by atoms with Gasteiger partial charge < -0.3 is 5.32 Å². The molecule has 0 radical (unpaired) electrons. The molecule has 1 heterocycles. The zero-order valence-corrected chi connectivity index (χ0v) is 10.5. The number of hydrogen-bond acceptors (Lipinski definition) is 1. The van der Waals surface area contributed by atoms with Gasteiger partial charge in [-0.2, -0.15) is 0 Å². The molecule has 17 heavy (non-hydrogen) atoms. The minimum Gasteiger partial charge on any atom is -0.353 e. The van der Waals surface area contributed by atoms with E-state index in [0.29, 0.717) is 0 Å². The maximum atomic E-state index is 5.46. The Morgan fingerprint density at radius 1 is 1.24 bits per heavy atom. The topological polar surface area (TPSA) is 12.0 Å². The van der Waals surface area contributed by atoms with Crippen LogP contribution >= 0.6 is 10.5 Å². The molecular formula is C15H13NS. The first-order chi connectivity index (χ1) is 8.31. The number of terminal acetylenes is 1. The van der Waals surface area contributed by atoms with Gasteiger partial charge in [0.15, 0.2) is 0 Å². The smallest absolute Gasteiger partial charge is 0.0599 e. The molecule has 1 atom stereocenters. The van der Waals surface area contributed by atoms with E-state index < -0.39 is 0 Å². The first-order valence-corrected chi connectivity index (χ1v) is 6.97. The Hall–Kier alpha value is -1.72. The average molecular weight is 239 g/mol. The average Bonchev–Trinajstić information content (AvgIpc) is 2.67. The molecule has 3 rings (SSSR count). The third-order valence-corrected chi connectivity index (χ3v) is 5.22. The fourth-order valence-corrected chi connectivity index (χ4v) is 3.99. The number of anilines is 1. The van der Waals surface area contributed by atoms with Gasteiger partial charge in [0.25, 0.3) is 0 Å². The van der Waals surface area contributed by atoms with E-state index in [2.05, 4.69) is 54.6 Å².